The maximum Gasteiger partial charge on any atom is 0.139 e. The smallest absolute Gasteiger partial charge is 0.139 e. The van der Waals surface area contributed by atoms with E-state index >= 15 is 0 Å². The van der Waals surface area contributed by atoms with Crippen LogP contribution in [0, 0.1) is 5.92 Å². The van der Waals surface area contributed by atoms with Crippen LogP contribution in [0.4, 0.5) is 0 Å². The molecule has 0 fully saturated rings. The molecule has 0 heterocycles. The van der Waals surface area contributed by atoms with E-state index in [1.807, 2.05) is 13.8 Å². The predicted octanol–water partition coefficient (Wildman–Crippen LogP) is 0.479. The van der Waals surface area contributed by atoms with Gasteiger partial charge in [-0.2, -0.15) is 12.6 Å². The van der Waals surface area contributed by atoms with Crippen LogP contribution in [0.3, 0.4) is 0 Å². The van der Waals surface area contributed by atoms with E-state index in [9.17, 15) is 9.90 Å². The van der Waals surface area contributed by atoms with Crippen molar-refractivity contribution < 1.29 is 9.90 Å². The molecule has 0 radical (unpaired) electrons. The van der Waals surface area contributed by atoms with Crippen LogP contribution in [-0.2, 0) is 4.79 Å². The predicted molar refractivity (Wildman–Crippen MR) is 57.1 cm³/mol. The zero-order valence-corrected chi connectivity index (χ0v) is 9.29. The van der Waals surface area contributed by atoms with Gasteiger partial charge < -0.3 is 15.2 Å². The van der Waals surface area contributed by atoms with Crippen molar-refractivity contribution in [2.45, 2.75) is 37.7 Å². The molecule has 2 N–H and O–H groups in total. The van der Waals surface area contributed by atoms with Crippen molar-refractivity contribution in [1.82, 2.24) is 5.32 Å². The molecule has 0 aliphatic heterocycles. The zero-order chi connectivity index (χ0) is 10.4. The second-order valence-corrected chi connectivity index (χ2v) is 3.94. The van der Waals surface area contributed by atoms with Crippen LogP contribution in [0.5, 0.6) is 0 Å². The van der Waals surface area contributed by atoms with Gasteiger partial charge in [0.25, 0.3) is 0 Å². The summed E-state index contributed by atoms with van der Waals surface area (Å²) in [4.78, 5) is 10.5. The van der Waals surface area contributed by atoms with E-state index in [1.54, 1.807) is 7.05 Å². The first-order valence-corrected chi connectivity index (χ1v) is 5.08. The lowest BCUT2D eigenvalue weighted by Crippen LogP contribution is -2.44. The minimum absolute atomic E-state index is 0.0102. The van der Waals surface area contributed by atoms with Crippen LogP contribution in [0.1, 0.15) is 20.3 Å². The Morgan fingerprint density at radius 2 is 2.15 bits per heavy atom. The largest absolute Gasteiger partial charge is 0.391 e. The van der Waals surface area contributed by atoms with Gasteiger partial charge in [-0.15, -0.1) is 0 Å². The lowest BCUT2D eigenvalue weighted by atomic mass is 9.94. The molecule has 0 amide bonds. The molecule has 0 bridgehead atoms. The molecular formula is C9H19NO2S. The van der Waals surface area contributed by atoms with Gasteiger partial charge >= 0.3 is 0 Å². The second-order valence-electron chi connectivity index (χ2n) is 3.28. The number of aliphatic hydroxyl groups is 1. The fraction of sp³-hybridized carbons (Fsp3) is 0.889. The average Bonchev–Trinajstić information content (AvgIpc) is 2.17. The van der Waals surface area contributed by atoms with Crippen LogP contribution in [0.2, 0.25) is 0 Å². The highest BCUT2D eigenvalue weighted by Crippen LogP contribution is 2.18. The van der Waals surface area contributed by atoms with Gasteiger partial charge in [0.1, 0.15) is 6.29 Å². The summed E-state index contributed by atoms with van der Waals surface area (Å²) in [5.74, 6) is 0.0102. The molecular weight excluding hydrogens is 186 g/mol. The van der Waals surface area contributed by atoms with Crippen molar-refractivity contribution in [1.29, 1.82) is 0 Å². The number of aliphatic hydroxyl groups excluding tert-OH is 1. The van der Waals surface area contributed by atoms with Gasteiger partial charge in [-0.1, -0.05) is 13.8 Å². The first-order valence-electron chi connectivity index (χ1n) is 4.57. The van der Waals surface area contributed by atoms with Crippen LogP contribution >= 0.6 is 12.6 Å². The van der Waals surface area contributed by atoms with E-state index in [1.165, 1.54) is 0 Å². The number of hydrogen-bond acceptors (Lipinski definition) is 4. The van der Waals surface area contributed by atoms with Gasteiger partial charge in [-0.3, -0.25) is 0 Å². The normalized spacial score (nSPS) is 20.4. The van der Waals surface area contributed by atoms with Crippen molar-refractivity contribution in [2.24, 2.45) is 5.92 Å². The molecule has 0 aromatic heterocycles. The van der Waals surface area contributed by atoms with Crippen LogP contribution in [0.25, 0.3) is 0 Å². The summed E-state index contributed by atoms with van der Waals surface area (Å²) < 4.78 is 0. The molecule has 0 aromatic carbocycles. The first-order chi connectivity index (χ1) is 6.08. The maximum absolute atomic E-state index is 10.5. The van der Waals surface area contributed by atoms with E-state index < -0.39 is 12.1 Å². The van der Waals surface area contributed by atoms with Gasteiger partial charge in [0.2, 0.25) is 0 Å². The number of hydrogen-bond donors (Lipinski definition) is 3. The molecule has 0 aliphatic rings. The molecule has 2 unspecified atom stereocenters. The first kappa shape index (κ1) is 12.9. The molecule has 0 saturated carbocycles. The summed E-state index contributed by atoms with van der Waals surface area (Å²) >= 11 is 4.33. The van der Waals surface area contributed by atoms with Gasteiger partial charge in [0, 0.05) is 5.25 Å². The van der Waals surface area contributed by atoms with Crippen molar-refractivity contribution in [3.05, 3.63) is 0 Å². The maximum atomic E-state index is 10.5. The Morgan fingerprint density at radius 3 is 2.46 bits per heavy atom. The highest BCUT2D eigenvalue weighted by Gasteiger charge is 2.26. The summed E-state index contributed by atoms with van der Waals surface area (Å²) in [6.07, 6.45) is 0.957. The lowest BCUT2D eigenvalue weighted by molar-refractivity contribution is -0.112. The molecule has 13 heavy (non-hydrogen) atoms. The standard InChI is InChI=1S/C9H19NO2S/c1-4-8(13)6(2)9(12)7(5-11)10-3/h5-10,12-13H,4H2,1-3H3/t6?,7-,8?,9-/m1/s1. The van der Waals surface area contributed by atoms with Crippen molar-refractivity contribution in [3.8, 4) is 0 Å². The summed E-state index contributed by atoms with van der Waals surface area (Å²) in [5, 5.41) is 12.6. The third-order valence-corrected chi connectivity index (χ3v) is 3.25. The molecule has 3 nitrogen and oxygen atoms in total. The molecule has 0 rings (SSSR count). The average molecular weight is 205 g/mol. The summed E-state index contributed by atoms with van der Waals surface area (Å²) in [7, 11) is 1.66. The number of aldehydes is 1. The third-order valence-electron chi connectivity index (χ3n) is 2.41. The number of likely N-dealkylation sites (N-methyl/N-ethyl adjacent to an activating group) is 1. The molecule has 0 aliphatic carbocycles. The lowest BCUT2D eigenvalue weighted by Gasteiger charge is -2.27. The Kier molecular flexibility index (Phi) is 6.37. The zero-order valence-electron chi connectivity index (χ0n) is 8.40. The number of thiol groups is 1. The molecule has 4 atom stereocenters. The highest BCUT2D eigenvalue weighted by atomic mass is 32.1. The van der Waals surface area contributed by atoms with Crippen LogP contribution in [0.15, 0.2) is 0 Å². The van der Waals surface area contributed by atoms with E-state index in [4.69, 9.17) is 0 Å². The second kappa shape index (κ2) is 6.40. The van der Waals surface area contributed by atoms with E-state index in [0.717, 1.165) is 12.7 Å². The molecule has 78 valence electrons. The van der Waals surface area contributed by atoms with E-state index in [2.05, 4.69) is 17.9 Å². The van der Waals surface area contributed by atoms with Crippen molar-refractivity contribution in [2.75, 3.05) is 7.05 Å². The van der Waals surface area contributed by atoms with Gasteiger partial charge in [0.15, 0.2) is 0 Å². The molecule has 0 spiro atoms. The summed E-state index contributed by atoms with van der Waals surface area (Å²) in [6.45, 7) is 3.91. The quantitative estimate of drug-likeness (QED) is 0.437. The Labute approximate surface area is 85.3 Å². The van der Waals surface area contributed by atoms with E-state index in [-0.39, 0.29) is 11.2 Å². The SMILES string of the molecule is CCC(S)C(C)[C@@H](O)[C@@H](C=O)NC. The minimum Gasteiger partial charge on any atom is -0.391 e. The topological polar surface area (TPSA) is 49.3 Å². The Balaban J connectivity index is 4.21. The number of rotatable bonds is 6. The van der Waals surface area contributed by atoms with Crippen molar-refractivity contribution >= 4 is 18.9 Å². The third kappa shape index (κ3) is 3.67. The summed E-state index contributed by atoms with van der Waals surface area (Å²) in [5.41, 5.74) is 0. The Bertz CT molecular complexity index is 155. The van der Waals surface area contributed by atoms with Gasteiger partial charge in [-0.25, -0.2) is 0 Å². The van der Waals surface area contributed by atoms with Gasteiger partial charge in [0.05, 0.1) is 12.1 Å². The fourth-order valence-electron chi connectivity index (χ4n) is 1.25. The molecule has 0 aromatic rings. The summed E-state index contributed by atoms with van der Waals surface area (Å²) in [6, 6.07) is -0.490. The highest BCUT2D eigenvalue weighted by molar-refractivity contribution is 7.81. The number of carbonyl (C=O) groups is 1. The monoisotopic (exact) mass is 205 g/mol. The Morgan fingerprint density at radius 1 is 1.62 bits per heavy atom. The van der Waals surface area contributed by atoms with Gasteiger partial charge in [-0.05, 0) is 19.4 Å². The van der Waals surface area contributed by atoms with Crippen LogP contribution < -0.4 is 5.32 Å². The van der Waals surface area contributed by atoms with Crippen LogP contribution in [-0.4, -0.2) is 35.8 Å². The Hall–Kier alpha value is -0.0600. The van der Waals surface area contributed by atoms with E-state index in [0.29, 0.717) is 0 Å². The number of carbonyl (C=O) groups excluding carboxylic acids is 1. The molecule has 0 saturated heterocycles. The number of nitrogens with one attached hydrogen (secondary N) is 1. The molecule has 4 heteroatoms. The minimum atomic E-state index is -0.662. The van der Waals surface area contributed by atoms with Crippen molar-refractivity contribution in [3.63, 3.8) is 0 Å². The fourth-order valence-corrected chi connectivity index (χ4v) is 1.42.